The fraction of sp³-hybridized carbons (Fsp3) is 0.462. The van der Waals surface area contributed by atoms with Crippen LogP contribution in [0.1, 0.15) is 25.3 Å². The summed E-state index contributed by atoms with van der Waals surface area (Å²) in [6, 6.07) is 6.65. The third-order valence-corrected chi connectivity index (χ3v) is 3.77. The predicted molar refractivity (Wildman–Crippen MR) is 69.9 cm³/mol. The molecule has 1 atom stereocenters. The highest BCUT2D eigenvalue weighted by molar-refractivity contribution is 9.10. The van der Waals surface area contributed by atoms with E-state index >= 15 is 0 Å². The molecule has 0 aromatic heterocycles. The Balaban J connectivity index is 2.29. The van der Waals surface area contributed by atoms with Crippen molar-refractivity contribution < 1.29 is 4.79 Å². The highest BCUT2D eigenvalue weighted by atomic mass is 79.9. The quantitative estimate of drug-likeness (QED) is 0.787. The van der Waals surface area contributed by atoms with E-state index in [1.807, 2.05) is 0 Å². The number of piperidine rings is 1. The van der Waals surface area contributed by atoms with Crippen LogP contribution in [0.2, 0.25) is 0 Å². The van der Waals surface area contributed by atoms with Crippen molar-refractivity contribution in [2.45, 2.75) is 32.7 Å². The number of ketones is 1. The average Bonchev–Trinajstić information content (AvgIpc) is 2.22. The third kappa shape index (κ3) is 2.29. The Morgan fingerprint density at radius 3 is 2.88 bits per heavy atom. The van der Waals surface area contributed by atoms with E-state index in [-0.39, 0.29) is 0 Å². The topological polar surface area (TPSA) is 20.3 Å². The first kappa shape index (κ1) is 11.6. The van der Waals surface area contributed by atoms with Gasteiger partial charge in [-0.2, -0.15) is 0 Å². The molecule has 1 fully saturated rings. The number of aryl methyl sites for hydroxylation is 1. The second kappa shape index (κ2) is 4.58. The molecule has 2 nitrogen and oxygen atoms in total. The number of nitrogens with zero attached hydrogens (tertiary/aromatic N) is 1. The zero-order chi connectivity index (χ0) is 11.7. The Labute approximate surface area is 105 Å². The zero-order valence-corrected chi connectivity index (χ0v) is 11.3. The minimum absolute atomic E-state index is 0.305. The molecule has 3 heteroatoms. The molecule has 0 radical (unpaired) electrons. The van der Waals surface area contributed by atoms with Crippen molar-refractivity contribution in [3.8, 4) is 0 Å². The maximum atomic E-state index is 11.4. The summed E-state index contributed by atoms with van der Waals surface area (Å²) in [5, 5.41) is 0. The molecule has 1 aromatic carbocycles. The lowest BCUT2D eigenvalue weighted by Crippen LogP contribution is -2.41. The van der Waals surface area contributed by atoms with Crippen molar-refractivity contribution in [2.75, 3.05) is 11.4 Å². The summed E-state index contributed by atoms with van der Waals surface area (Å²) in [4.78, 5) is 13.7. The average molecular weight is 282 g/mol. The van der Waals surface area contributed by atoms with E-state index in [1.54, 1.807) is 0 Å². The minimum Gasteiger partial charge on any atom is -0.367 e. The summed E-state index contributed by atoms with van der Waals surface area (Å²) >= 11 is 3.58. The van der Waals surface area contributed by atoms with Gasteiger partial charge in [0.05, 0.1) is 5.69 Å². The van der Waals surface area contributed by atoms with Gasteiger partial charge in [-0.3, -0.25) is 4.79 Å². The van der Waals surface area contributed by atoms with E-state index in [2.05, 4.69) is 52.9 Å². The standard InChI is InChI=1S/C13H16BrNO/c1-9-3-4-12(14)13(7-9)15-6-5-11(16)8-10(15)2/h3-4,7,10H,5-6,8H2,1-2H3. The van der Waals surface area contributed by atoms with Gasteiger partial charge in [0.2, 0.25) is 0 Å². The Morgan fingerprint density at radius 1 is 1.44 bits per heavy atom. The monoisotopic (exact) mass is 281 g/mol. The van der Waals surface area contributed by atoms with Crippen LogP contribution in [-0.4, -0.2) is 18.4 Å². The largest absolute Gasteiger partial charge is 0.367 e. The molecule has 2 rings (SSSR count). The normalized spacial score (nSPS) is 21.3. The molecule has 0 aliphatic carbocycles. The van der Waals surface area contributed by atoms with Crippen LogP contribution < -0.4 is 4.90 Å². The Hall–Kier alpha value is -0.830. The molecule has 1 aromatic rings. The van der Waals surface area contributed by atoms with Crippen molar-refractivity contribution in [1.82, 2.24) is 0 Å². The Morgan fingerprint density at radius 2 is 2.19 bits per heavy atom. The SMILES string of the molecule is Cc1ccc(Br)c(N2CCC(=O)CC2C)c1. The van der Waals surface area contributed by atoms with Gasteiger partial charge in [0.15, 0.2) is 0 Å². The first-order chi connectivity index (χ1) is 7.58. The molecule has 1 aliphatic rings. The summed E-state index contributed by atoms with van der Waals surface area (Å²) < 4.78 is 1.11. The highest BCUT2D eigenvalue weighted by Gasteiger charge is 2.24. The van der Waals surface area contributed by atoms with Gasteiger partial charge in [0.1, 0.15) is 5.78 Å². The van der Waals surface area contributed by atoms with Crippen LogP contribution in [0.15, 0.2) is 22.7 Å². The molecule has 16 heavy (non-hydrogen) atoms. The second-order valence-electron chi connectivity index (χ2n) is 4.49. The molecule has 1 unspecified atom stereocenters. The van der Waals surface area contributed by atoms with Crippen molar-refractivity contribution in [2.24, 2.45) is 0 Å². The Bertz CT molecular complexity index is 416. The van der Waals surface area contributed by atoms with Gasteiger partial charge in [-0.05, 0) is 47.5 Å². The molecule has 0 saturated carbocycles. The number of hydrogen-bond donors (Lipinski definition) is 0. The van der Waals surface area contributed by atoms with Crippen LogP contribution in [0.25, 0.3) is 0 Å². The van der Waals surface area contributed by atoms with Gasteiger partial charge in [0, 0.05) is 29.9 Å². The molecule has 1 aliphatic heterocycles. The van der Waals surface area contributed by atoms with Gasteiger partial charge in [-0.25, -0.2) is 0 Å². The number of carbonyl (C=O) groups excluding carboxylic acids is 1. The second-order valence-corrected chi connectivity index (χ2v) is 5.34. The number of anilines is 1. The molecule has 1 saturated heterocycles. The van der Waals surface area contributed by atoms with E-state index in [1.165, 1.54) is 11.3 Å². The lowest BCUT2D eigenvalue weighted by Gasteiger charge is -2.35. The van der Waals surface area contributed by atoms with E-state index < -0.39 is 0 Å². The number of Topliss-reactive ketones (excluding diaryl/α,β-unsaturated/α-hetero) is 1. The molecule has 0 spiro atoms. The maximum absolute atomic E-state index is 11.4. The Kier molecular flexibility index (Phi) is 3.33. The van der Waals surface area contributed by atoms with Gasteiger partial charge in [-0.1, -0.05) is 6.07 Å². The number of halogens is 1. The number of carbonyl (C=O) groups is 1. The third-order valence-electron chi connectivity index (χ3n) is 3.10. The fourth-order valence-corrected chi connectivity index (χ4v) is 2.68. The molecule has 0 N–H and O–H groups in total. The van der Waals surface area contributed by atoms with E-state index in [0.717, 1.165) is 11.0 Å². The summed E-state index contributed by atoms with van der Waals surface area (Å²) in [7, 11) is 0. The van der Waals surface area contributed by atoms with E-state index in [0.29, 0.717) is 24.7 Å². The molecule has 0 bridgehead atoms. The highest BCUT2D eigenvalue weighted by Crippen LogP contribution is 2.31. The van der Waals surface area contributed by atoms with Crippen molar-refractivity contribution in [1.29, 1.82) is 0 Å². The van der Waals surface area contributed by atoms with Gasteiger partial charge < -0.3 is 4.90 Å². The molecule has 86 valence electrons. The van der Waals surface area contributed by atoms with Crippen LogP contribution in [0, 0.1) is 6.92 Å². The van der Waals surface area contributed by atoms with Crippen LogP contribution in [0.5, 0.6) is 0 Å². The van der Waals surface area contributed by atoms with E-state index in [9.17, 15) is 4.79 Å². The summed E-state index contributed by atoms with van der Waals surface area (Å²) in [5.41, 5.74) is 2.46. The van der Waals surface area contributed by atoms with Crippen molar-refractivity contribution >= 4 is 27.4 Å². The summed E-state index contributed by atoms with van der Waals surface area (Å²) in [6.45, 7) is 5.05. The molecular formula is C13H16BrNO. The van der Waals surface area contributed by atoms with Gasteiger partial charge in [-0.15, -0.1) is 0 Å². The molecule has 1 heterocycles. The maximum Gasteiger partial charge on any atom is 0.136 e. The molecule has 0 amide bonds. The minimum atomic E-state index is 0.305. The fourth-order valence-electron chi connectivity index (χ4n) is 2.21. The van der Waals surface area contributed by atoms with Crippen LogP contribution >= 0.6 is 15.9 Å². The van der Waals surface area contributed by atoms with Gasteiger partial charge in [0.25, 0.3) is 0 Å². The lowest BCUT2D eigenvalue weighted by molar-refractivity contribution is -0.120. The summed E-state index contributed by atoms with van der Waals surface area (Å²) in [5.74, 6) is 0.382. The predicted octanol–water partition coefficient (Wildman–Crippen LogP) is 3.32. The summed E-state index contributed by atoms with van der Waals surface area (Å²) in [6.07, 6.45) is 1.34. The number of rotatable bonds is 1. The van der Waals surface area contributed by atoms with Crippen molar-refractivity contribution in [3.63, 3.8) is 0 Å². The van der Waals surface area contributed by atoms with E-state index in [4.69, 9.17) is 0 Å². The van der Waals surface area contributed by atoms with Crippen LogP contribution in [-0.2, 0) is 4.79 Å². The van der Waals surface area contributed by atoms with Crippen LogP contribution in [0.4, 0.5) is 5.69 Å². The van der Waals surface area contributed by atoms with Gasteiger partial charge >= 0.3 is 0 Å². The lowest BCUT2D eigenvalue weighted by atomic mass is 10.0. The first-order valence-corrected chi connectivity index (χ1v) is 6.41. The molecular weight excluding hydrogens is 266 g/mol. The number of benzene rings is 1. The smallest absolute Gasteiger partial charge is 0.136 e. The number of hydrogen-bond acceptors (Lipinski definition) is 2. The first-order valence-electron chi connectivity index (χ1n) is 5.62. The zero-order valence-electron chi connectivity index (χ0n) is 9.66. The van der Waals surface area contributed by atoms with Crippen molar-refractivity contribution in [3.05, 3.63) is 28.2 Å². The van der Waals surface area contributed by atoms with Crippen LogP contribution in [0.3, 0.4) is 0 Å².